The lowest BCUT2D eigenvalue weighted by Crippen LogP contribution is -2.40. The first-order chi connectivity index (χ1) is 7.76. The standard InChI is InChI=1S/C12H25NO3S/c1-12(2,3)10-17(15,16)13-8-4-6-11(13)7-5-9-14/h11,14H,4-10H2,1-3H3. The summed E-state index contributed by atoms with van der Waals surface area (Å²) in [4.78, 5) is 0. The monoisotopic (exact) mass is 263 g/mol. The lowest BCUT2D eigenvalue weighted by Gasteiger charge is -2.27. The molecule has 1 aliphatic rings. The Morgan fingerprint density at radius 2 is 2.00 bits per heavy atom. The highest BCUT2D eigenvalue weighted by atomic mass is 32.2. The van der Waals surface area contributed by atoms with Gasteiger partial charge >= 0.3 is 0 Å². The second-order valence-corrected chi connectivity index (χ2v) is 8.01. The molecule has 1 heterocycles. The van der Waals surface area contributed by atoms with Crippen molar-refractivity contribution in [2.75, 3.05) is 18.9 Å². The van der Waals surface area contributed by atoms with Gasteiger partial charge in [0.2, 0.25) is 10.0 Å². The minimum absolute atomic E-state index is 0.106. The first kappa shape index (κ1) is 14.9. The fraction of sp³-hybridized carbons (Fsp3) is 1.00. The molecule has 102 valence electrons. The molecule has 0 radical (unpaired) electrons. The lowest BCUT2D eigenvalue weighted by molar-refractivity contribution is 0.263. The number of nitrogens with zero attached hydrogens (tertiary/aromatic N) is 1. The molecule has 0 aromatic rings. The zero-order chi connectivity index (χ0) is 13.1. The van der Waals surface area contributed by atoms with Gasteiger partial charge in [0, 0.05) is 19.2 Å². The minimum Gasteiger partial charge on any atom is -0.396 e. The van der Waals surface area contributed by atoms with Crippen molar-refractivity contribution in [3.05, 3.63) is 0 Å². The van der Waals surface area contributed by atoms with Crippen molar-refractivity contribution in [2.45, 2.75) is 52.5 Å². The molecule has 1 atom stereocenters. The Balaban J connectivity index is 2.69. The van der Waals surface area contributed by atoms with Crippen LogP contribution < -0.4 is 0 Å². The van der Waals surface area contributed by atoms with E-state index in [1.807, 2.05) is 20.8 Å². The van der Waals surface area contributed by atoms with Gasteiger partial charge in [0.15, 0.2) is 0 Å². The van der Waals surface area contributed by atoms with Crippen LogP contribution in [-0.4, -0.2) is 42.8 Å². The second kappa shape index (κ2) is 5.67. The fourth-order valence-electron chi connectivity index (χ4n) is 2.42. The van der Waals surface area contributed by atoms with Crippen LogP contribution >= 0.6 is 0 Å². The molecule has 0 saturated carbocycles. The van der Waals surface area contributed by atoms with Crippen molar-refractivity contribution < 1.29 is 13.5 Å². The average Bonchev–Trinajstić information content (AvgIpc) is 2.59. The largest absolute Gasteiger partial charge is 0.396 e. The van der Waals surface area contributed by atoms with Crippen molar-refractivity contribution in [2.24, 2.45) is 5.41 Å². The first-order valence-corrected chi connectivity index (χ1v) is 7.97. The van der Waals surface area contributed by atoms with Crippen molar-refractivity contribution in [3.8, 4) is 0 Å². The average molecular weight is 263 g/mol. The summed E-state index contributed by atoms with van der Waals surface area (Å²) >= 11 is 0. The number of aliphatic hydroxyl groups excluding tert-OH is 1. The highest BCUT2D eigenvalue weighted by molar-refractivity contribution is 7.89. The SMILES string of the molecule is CC(C)(C)CS(=O)(=O)N1CCCC1CCCO. The maximum absolute atomic E-state index is 12.3. The van der Waals surface area contributed by atoms with Gasteiger partial charge < -0.3 is 5.11 Å². The molecule has 5 heteroatoms. The Morgan fingerprint density at radius 3 is 2.53 bits per heavy atom. The molecule has 1 fully saturated rings. The molecule has 1 rings (SSSR count). The molecule has 0 aliphatic carbocycles. The van der Waals surface area contributed by atoms with Crippen LogP contribution in [0, 0.1) is 5.41 Å². The van der Waals surface area contributed by atoms with Gasteiger partial charge in [-0.2, -0.15) is 4.31 Å². The molecule has 0 spiro atoms. The van der Waals surface area contributed by atoms with Crippen molar-refractivity contribution >= 4 is 10.0 Å². The predicted molar refractivity (Wildman–Crippen MR) is 69.3 cm³/mol. The van der Waals surface area contributed by atoms with E-state index in [1.165, 1.54) is 0 Å². The van der Waals surface area contributed by atoms with Crippen LogP contribution in [0.4, 0.5) is 0 Å². The van der Waals surface area contributed by atoms with Crippen LogP contribution in [0.2, 0.25) is 0 Å². The molecule has 1 aliphatic heterocycles. The van der Waals surface area contributed by atoms with E-state index < -0.39 is 10.0 Å². The maximum atomic E-state index is 12.3. The van der Waals surface area contributed by atoms with E-state index in [4.69, 9.17) is 5.11 Å². The van der Waals surface area contributed by atoms with E-state index in [0.29, 0.717) is 13.0 Å². The van der Waals surface area contributed by atoms with Crippen molar-refractivity contribution in [1.82, 2.24) is 4.31 Å². The summed E-state index contributed by atoms with van der Waals surface area (Å²) in [5, 5.41) is 8.83. The molecule has 1 N–H and O–H groups in total. The summed E-state index contributed by atoms with van der Waals surface area (Å²) in [6.45, 7) is 6.63. The third-order valence-electron chi connectivity index (χ3n) is 2.99. The van der Waals surface area contributed by atoms with Crippen LogP contribution in [-0.2, 0) is 10.0 Å². The van der Waals surface area contributed by atoms with E-state index in [2.05, 4.69) is 0 Å². The summed E-state index contributed by atoms with van der Waals surface area (Å²) in [5.74, 6) is 0.204. The Kier molecular flexibility index (Phi) is 4.98. The fourth-order valence-corrected chi connectivity index (χ4v) is 4.75. The Morgan fingerprint density at radius 1 is 1.35 bits per heavy atom. The summed E-state index contributed by atoms with van der Waals surface area (Å²) in [5.41, 5.74) is -0.205. The normalized spacial score (nSPS) is 23.2. The van der Waals surface area contributed by atoms with Crippen LogP contribution in [0.25, 0.3) is 0 Å². The third-order valence-corrected chi connectivity index (χ3v) is 5.42. The van der Waals surface area contributed by atoms with Gasteiger partial charge in [-0.15, -0.1) is 0 Å². The summed E-state index contributed by atoms with van der Waals surface area (Å²) in [6.07, 6.45) is 3.34. The topological polar surface area (TPSA) is 57.6 Å². The first-order valence-electron chi connectivity index (χ1n) is 6.37. The Bertz CT molecular complexity index is 332. The van der Waals surface area contributed by atoms with E-state index in [9.17, 15) is 8.42 Å². The maximum Gasteiger partial charge on any atom is 0.214 e. The highest BCUT2D eigenvalue weighted by Gasteiger charge is 2.35. The van der Waals surface area contributed by atoms with Gasteiger partial charge in [0.05, 0.1) is 5.75 Å². The number of rotatable bonds is 5. The molecule has 0 bridgehead atoms. The van der Waals surface area contributed by atoms with Crippen molar-refractivity contribution in [3.63, 3.8) is 0 Å². The molecule has 1 unspecified atom stereocenters. The zero-order valence-electron chi connectivity index (χ0n) is 11.1. The molecular formula is C12H25NO3S. The molecule has 0 amide bonds. The molecular weight excluding hydrogens is 238 g/mol. The minimum atomic E-state index is -3.15. The summed E-state index contributed by atoms with van der Waals surface area (Å²) in [6, 6.07) is 0.106. The van der Waals surface area contributed by atoms with Crippen LogP contribution in [0.1, 0.15) is 46.5 Å². The zero-order valence-corrected chi connectivity index (χ0v) is 12.0. The lowest BCUT2D eigenvalue weighted by atomic mass is 10.0. The summed E-state index contributed by atoms with van der Waals surface area (Å²) in [7, 11) is -3.15. The van der Waals surface area contributed by atoms with Gasteiger partial charge in [-0.3, -0.25) is 0 Å². The van der Waals surface area contributed by atoms with Gasteiger partial charge in [-0.25, -0.2) is 8.42 Å². The molecule has 4 nitrogen and oxygen atoms in total. The van der Waals surface area contributed by atoms with Crippen LogP contribution in [0.15, 0.2) is 0 Å². The number of sulfonamides is 1. The Labute approximate surface area is 105 Å². The summed E-state index contributed by atoms with van der Waals surface area (Å²) < 4.78 is 26.2. The smallest absolute Gasteiger partial charge is 0.214 e. The van der Waals surface area contributed by atoms with E-state index in [1.54, 1.807) is 4.31 Å². The predicted octanol–water partition coefficient (Wildman–Crippen LogP) is 1.60. The number of hydrogen-bond acceptors (Lipinski definition) is 3. The van der Waals surface area contributed by atoms with Gasteiger partial charge in [-0.05, 0) is 31.1 Å². The molecule has 0 aromatic heterocycles. The van der Waals surface area contributed by atoms with E-state index >= 15 is 0 Å². The number of hydrogen-bond donors (Lipinski definition) is 1. The van der Waals surface area contributed by atoms with Crippen molar-refractivity contribution in [1.29, 1.82) is 0 Å². The van der Waals surface area contributed by atoms with Crippen LogP contribution in [0.5, 0.6) is 0 Å². The van der Waals surface area contributed by atoms with E-state index in [-0.39, 0.29) is 23.8 Å². The molecule has 17 heavy (non-hydrogen) atoms. The Hall–Kier alpha value is -0.130. The molecule has 1 saturated heterocycles. The highest BCUT2D eigenvalue weighted by Crippen LogP contribution is 2.28. The second-order valence-electron chi connectivity index (χ2n) is 6.09. The van der Waals surface area contributed by atoms with E-state index in [0.717, 1.165) is 19.3 Å². The molecule has 0 aromatic carbocycles. The third kappa shape index (κ3) is 4.56. The van der Waals surface area contributed by atoms with Crippen LogP contribution in [0.3, 0.4) is 0 Å². The van der Waals surface area contributed by atoms with Gasteiger partial charge in [0.25, 0.3) is 0 Å². The van der Waals surface area contributed by atoms with Gasteiger partial charge in [0.1, 0.15) is 0 Å². The number of aliphatic hydroxyl groups is 1. The van der Waals surface area contributed by atoms with Gasteiger partial charge in [-0.1, -0.05) is 20.8 Å². The quantitative estimate of drug-likeness (QED) is 0.819.